The van der Waals surface area contributed by atoms with E-state index in [1.807, 2.05) is 22.6 Å². The van der Waals surface area contributed by atoms with Crippen molar-refractivity contribution in [3.8, 4) is 11.5 Å². The molecule has 2 aromatic rings. The van der Waals surface area contributed by atoms with Crippen molar-refractivity contribution in [3.63, 3.8) is 0 Å². The molecule has 0 spiro atoms. The van der Waals surface area contributed by atoms with Crippen LogP contribution in [0.3, 0.4) is 0 Å². The zero-order chi connectivity index (χ0) is 26.7. The summed E-state index contributed by atoms with van der Waals surface area (Å²) in [7, 11) is -4.18. The third-order valence-electron chi connectivity index (χ3n) is 5.55. The Morgan fingerprint density at radius 1 is 1.16 bits per heavy atom. The topological polar surface area (TPSA) is 110 Å². The largest absolute Gasteiger partial charge is 0.490 e. The molecule has 0 saturated carbocycles. The van der Waals surface area contributed by atoms with E-state index >= 15 is 0 Å². The van der Waals surface area contributed by atoms with Crippen LogP contribution in [0, 0.1) is 3.57 Å². The second-order valence-electron chi connectivity index (χ2n) is 8.11. The molecule has 0 unspecified atom stereocenters. The summed E-state index contributed by atoms with van der Waals surface area (Å²) < 4.78 is 37.1. The predicted molar refractivity (Wildman–Crippen MR) is 148 cm³/mol. The lowest BCUT2D eigenvalue weighted by atomic mass is 10.2. The first-order chi connectivity index (χ1) is 17.6. The van der Waals surface area contributed by atoms with Crippen LogP contribution in [0.5, 0.6) is 11.5 Å². The highest BCUT2D eigenvalue weighted by atomic mass is 127. The van der Waals surface area contributed by atoms with Gasteiger partial charge in [-0.2, -0.15) is 8.42 Å². The number of imide groups is 1. The highest BCUT2D eigenvalue weighted by Gasteiger charge is 2.37. The molecule has 13 heteroatoms. The number of rotatable bonds is 8. The van der Waals surface area contributed by atoms with Crippen molar-refractivity contribution < 1.29 is 31.7 Å². The summed E-state index contributed by atoms with van der Waals surface area (Å²) in [6.45, 7) is 2.93. The van der Waals surface area contributed by atoms with Gasteiger partial charge in [-0.3, -0.25) is 19.3 Å². The second-order valence-corrected chi connectivity index (χ2v) is 12.2. The molecule has 2 saturated heterocycles. The molecular formula is C24H22ClIN2O7S2. The van der Waals surface area contributed by atoms with Crippen molar-refractivity contribution in [3.05, 3.63) is 55.5 Å². The monoisotopic (exact) mass is 676 g/mol. The first kappa shape index (κ1) is 27.7. The number of benzene rings is 2. The highest BCUT2D eigenvalue weighted by molar-refractivity contribution is 14.1. The number of halogens is 2. The minimum absolute atomic E-state index is 0.00105. The average molecular weight is 677 g/mol. The summed E-state index contributed by atoms with van der Waals surface area (Å²) in [6.07, 6.45) is 3.33. The van der Waals surface area contributed by atoms with Crippen LogP contribution < -0.4 is 8.92 Å². The van der Waals surface area contributed by atoms with Gasteiger partial charge in [-0.1, -0.05) is 11.6 Å². The molecule has 2 aliphatic heterocycles. The molecule has 0 aliphatic carbocycles. The lowest BCUT2D eigenvalue weighted by Crippen LogP contribution is -2.40. The Morgan fingerprint density at radius 2 is 1.84 bits per heavy atom. The molecule has 2 aromatic carbocycles. The van der Waals surface area contributed by atoms with Crippen LogP contribution in [0.25, 0.3) is 6.08 Å². The second kappa shape index (κ2) is 11.6. The Balaban J connectivity index is 1.58. The number of nitrogens with zero attached hydrogens (tertiary/aromatic N) is 2. The van der Waals surface area contributed by atoms with Gasteiger partial charge in [-0.05, 0) is 102 Å². The van der Waals surface area contributed by atoms with Crippen molar-refractivity contribution in [2.45, 2.75) is 24.7 Å². The summed E-state index contributed by atoms with van der Waals surface area (Å²) in [5, 5.41) is -0.129. The molecule has 0 radical (unpaired) electrons. The van der Waals surface area contributed by atoms with Crippen LogP contribution in [0.15, 0.2) is 46.2 Å². The number of carbonyl (C=O) groups excluding carboxylic acids is 3. The van der Waals surface area contributed by atoms with Crippen LogP contribution >= 0.6 is 46.0 Å². The first-order valence-corrected chi connectivity index (χ1v) is 15.0. The van der Waals surface area contributed by atoms with Gasteiger partial charge in [0.05, 0.1) is 15.1 Å². The molecule has 0 aromatic heterocycles. The Morgan fingerprint density at radius 3 is 2.49 bits per heavy atom. The van der Waals surface area contributed by atoms with Gasteiger partial charge in [0.1, 0.15) is 11.4 Å². The summed E-state index contributed by atoms with van der Waals surface area (Å²) in [5.41, 5.74) is 0.500. The first-order valence-electron chi connectivity index (χ1n) is 11.3. The fourth-order valence-electron chi connectivity index (χ4n) is 3.76. The summed E-state index contributed by atoms with van der Waals surface area (Å²) >= 11 is 8.51. The van der Waals surface area contributed by atoms with E-state index in [0.29, 0.717) is 27.2 Å². The smallest absolute Gasteiger partial charge is 0.339 e. The lowest BCUT2D eigenvalue weighted by molar-refractivity contribution is -0.135. The van der Waals surface area contributed by atoms with E-state index in [-0.39, 0.29) is 40.4 Å². The van der Waals surface area contributed by atoms with E-state index in [2.05, 4.69) is 0 Å². The molecule has 4 rings (SSSR count). The number of hydrogen-bond acceptors (Lipinski definition) is 8. The number of amides is 3. The van der Waals surface area contributed by atoms with Crippen LogP contribution in [0.1, 0.15) is 25.3 Å². The van der Waals surface area contributed by atoms with Gasteiger partial charge >= 0.3 is 10.1 Å². The molecule has 2 aliphatic rings. The summed E-state index contributed by atoms with van der Waals surface area (Å²) in [5.74, 6) is -0.653. The molecule has 0 N–H and O–H groups in total. The number of carbonyl (C=O) groups is 3. The molecule has 3 amide bonds. The van der Waals surface area contributed by atoms with Crippen molar-refractivity contribution in [2.24, 2.45) is 0 Å². The third-order valence-corrected chi connectivity index (χ3v) is 8.75. The standard InChI is InChI=1S/C24H22ClIN2O7S2/c1-2-34-19-12-15(11-18(26)22(19)35-37(32,33)17-7-5-16(25)6-8-17)13-20-23(30)28(24(31)36-20)14-21(29)27-9-3-4-10-27/h5-8,11-13H,2-4,9-10,14H2,1H3/b20-13-. The van der Waals surface area contributed by atoms with Crippen molar-refractivity contribution in [1.82, 2.24) is 9.80 Å². The number of ether oxygens (including phenoxy) is 1. The van der Waals surface area contributed by atoms with Crippen LogP contribution in [-0.2, 0) is 19.7 Å². The molecule has 9 nitrogen and oxygen atoms in total. The van der Waals surface area contributed by atoms with E-state index in [1.54, 1.807) is 17.9 Å². The molecule has 2 fully saturated rings. The Labute approximate surface area is 237 Å². The van der Waals surface area contributed by atoms with Gasteiger partial charge in [-0.25, -0.2) is 0 Å². The maximum atomic E-state index is 12.9. The fraction of sp³-hybridized carbons (Fsp3) is 0.292. The molecular weight excluding hydrogens is 655 g/mol. The Kier molecular flexibility index (Phi) is 8.71. The lowest BCUT2D eigenvalue weighted by Gasteiger charge is -2.18. The number of likely N-dealkylation sites (tertiary alicyclic amines) is 1. The van der Waals surface area contributed by atoms with Crippen LogP contribution in [-0.4, -0.2) is 61.5 Å². The zero-order valence-corrected chi connectivity index (χ0v) is 24.2. The van der Waals surface area contributed by atoms with Gasteiger partial charge in [-0.15, -0.1) is 0 Å². The normalized spacial score (nSPS) is 17.1. The number of hydrogen-bond donors (Lipinski definition) is 0. The molecule has 196 valence electrons. The molecule has 2 heterocycles. The van der Waals surface area contributed by atoms with Gasteiger partial charge < -0.3 is 13.8 Å². The van der Waals surface area contributed by atoms with Crippen molar-refractivity contribution in [2.75, 3.05) is 26.2 Å². The molecule has 0 atom stereocenters. The van der Waals surface area contributed by atoms with E-state index in [1.165, 1.54) is 36.4 Å². The SMILES string of the molecule is CCOc1cc(/C=C2\SC(=O)N(CC(=O)N3CCCC3)C2=O)cc(I)c1OS(=O)(=O)c1ccc(Cl)cc1. The summed E-state index contributed by atoms with van der Waals surface area (Å²) in [6, 6.07) is 8.71. The van der Waals surface area contributed by atoms with E-state index < -0.39 is 21.3 Å². The fourth-order valence-corrected chi connectivity index (χ4v) is 6.57. The van der Waals surface area contributed by atoms with E-state index in [9.17, 15) is 22.8 Å². The Hall–Kier alpha value is -2.29. The molecule has 0 bridgehead atoms. The summed E-state index contributed by atoms with van der Waals surface area (Å²) in [4.78, 5) is 40.5. The maximum absolute atomic E-state index is 12.9. The average Bonchev–Trinajstić information content (AvgIpc) is 3.47. The van der Waals surface area contributed by atoms with Crippen LogP contribution in [0.2, 0.25) is 5.02 Å². The minimum atomic E-state index is -4.18. The predicted octanol–water partition coefficient (Wildman–Crippen LogP) is 4.77. The van der Waals surface area contributed by atoms with Gasteiger partial charge in [0.15, 0.2) is 11.5 Å². The Bertz CT molecular complexity index is 1370. The number of thioether (sulfide) groups is 1. The van der Waals surface area contributed by atoms with Gasteiger partial charge in [0.25, 0.3) is 11.1 Å². The zero-order valence-electron chi connectivity index (χ0n) is 19.6. The van der Waals surface area contributed by atoms with Crippen molar-refractivity contribution in [1.29, 1.82) is 0 Å². The third kappa shape index (κ3) is 6.41. The molecule has 37 heavy (non-hydrogen) atoms. The van der Waals surface area contributed by atoms with E-state index in [0.717, 1.165) is 29.5 Å². The van der Waals surface area contributed by atoms with Crippen LogP contribution in [0.4, 0.5) is 4.79 Å². The highest BCUT2D eigenvalue weighted by Crippen LogP contribution is 2.39. The van der Waals surface area contributed by atoms with Crippen molar-refractivity contribution >= 4 is 79.2 Å². The van der Waals surface area contributed by atoms with Gasteiger partial charge in [0.2, 0.25) is 5.91 Å². The van der Waals surface area contributed by atoms with E-state index in [4.69, 9.17) is 20.5 Å². The quantitative estimate of drug-likeness (QED) is 0.224. The maximum Gasteiger partial charge on any atom is 0.339 e. The minimum Gasteiger partial charge on any atom is -0.490 e. The van der Waals surface area contributed by atoms with Gasteiger partial charge in [0, 0.05) is 18.1 Å².